The molecule has 3 rings (SSSR count). The van der Waals surface area contributed by atoms with Crippen molar-refractivity contribution in [1.29, 1.82) is 0 Å². The Morgan fingerprint density at radius 2 is 2.08 bits per heavy atom. The van der Waals surface area contributed by atoms with Crippen molar-refractivity contribution in [3.63, 3.8) is 0 Å². The molecule has 0 N–H and O–H groups in total. The lowest BCUT2D eigenvalue weighted by Gasteiger charge is -2.36. The third-order valence-corrected chi connectivity index (χ3v) is 4.25. The average molecular weight is 385 g/mol. The Morgan fingerprint density at radius 3 is 2.73 bits per heavy atom. The second-order valence-electron chi connectivity index (χ2n) is 5.40. The van der Waals surface area contributed by atoms with Crippen molar-refractivity contribution in [2.24, 2.45) is 0 Å². The fraction of sp³-hybridized carbons (Fsp3) is 0.312. The van der Waals surface area contributed by atoms with Gasteiger partial charge in [0.15, 0.2) is 0 Å². The molecule has 0 radical (unpaired) electrons. The predicted molar refractivity (Wildman–Crippen MR) is 91.5 cm³/mol. The van der Waals surface area contributed by atoms with Crippen LogP contribution in [0.25, 0.3) is 0 Å². The first-order valence-electron chi connectivity index (χ1n) is 7.53. The van der Waals surface area contributed by atoms with Crippen LogP contribution in [-0.2, 0) is 6.54 Å². The van der Waals surface area contributed by atoms with Gasteiger partial charge in [0.25, 0.3) is 6.43 Å². The highest BCUT2D eigenvalue weighted by atomic mass is 35.5. The van der Waals surface area contributed by atoms with E-state index >= 15 is 0 Å². The largest absolute Gasteiger partial charge is 0.497 e. The third-order valence-electron chi connectivity index (χ3n) is 3.87. The van der Waals surface area contributed by atoms with Crippen molar-refractivity contribution in [2.45, 2.75) is 13.0 Å². The molecule has 138 valence electrons. The summed E-state index contributed by atoms with van der Waals surface area (Å²) in [6.07, 6.45) is -0.0371. The van der Waals surface area contributed by atoms with Gasteiger partial charge in [-0.1, -0.05) is 11.6 Å². The van der Waals surface area contributed by atoms with E-state index in [2.05, 4.69) is 9.97 Å². The quantitative estimate of drug-likeness (QED) is 0.790. The maximum Gasteiger partial charge on any atom is 0.330 e. The first kappa shape index (κ1) is 18.1. The van der Waals surface area contributed by atoms with Crippen LogP contribution in [0.2, 0.25) is 5.02 Å². The molecular formula is C16H15ClF2N4O3. The molecule has 1 aliphatic heterocycles. The van der Waals surface area contributed by atoms with Crippen molar-refractivity contribution in [3.05, 3.63) is 35.2 Å². The van der Waals surface area contributed by atoms with E-state index in [1.807, 2.05) is 0 Å². The first-order valence-corrected chi connectivity index (χ1v) is 7.91. The van der Waals surface area contributed by atoms with E-state index in [0.717, 1.165) is 4.90 Å². The second kappa shape index (κ2) is 7.28. The lowest BCUT2D eigenvalue weighted by atomic mass is 10.1. The molecule has 2 amide bonds. The van der Waals surface area contributed by atoms with Crippen molar-refractivity contribution < 1.29 is 23.0 Å². The smallest absolute Gasteiger partial charge is 0.330 e. The van der Waals surface area contributed by atoms with E-state index in [1.165, 1.54) is 37.7 Å². The van der Waals surface area contributed by atoms with Crippen LogP contribution >= 0.6 is 11.6 Å². The second-order valence-corrected chi connectivity index (χ2v) is 5.78. The number of fused-ring (bicyclic) bond motifs is 1. The van der Waals surface area contributed by atoms with Gasteiger partial charge in [-0.15, -0.1) is 0 Å². The number of amides is 2. The summed E-state index contributed by atoms with van der Waals surface area (Å²) in [4.78, 5) is 23.0. The summed E-state index contributed by atoms with van der Waals surface area (Å²) >= 11 is 6.34. The normalized spacial score (nSPS) is 13.8. The third kappa shape index (κ3) is 3.22. The molecule has 0 atom stereocenters. The highest BCUT2D eigenvalue weighted by molar-refractivity contribution is 6.35. The number of urea groups is 1. The summed E-state index contributed by atoms with van der Waals surface area (Å²) in [5.41, 5.74) is 0.798. The van der Waals surface area contributed by atoms with Crippen molar-refractivity contribution in [2.75, 3.05) is 30.6 Å². The maximum atomic E-state index is 13.0. The van der Waals surface area contributed by atoms with Gasteiger partial charge in [-0.05, 0) is 0 Å². The molecule has 0 bridgehead atoms. The highest BCUT2D eigenvalue weighted by Gasteiger charge is 2.35. The molecule has 0 spiro atoms. The number of halogens is 3. The number of carbonyl (C=O) groups excluding carboxylic acids is 1. The standard InChI is InChI=1S/C16H15ClF2N4O3/c1-25-10-3-11(14(17)12(4-10)26-2)22-6-9-5-20-8-21-15(9)23(16(22)24)7-13(18)19/h3-5,8,13H,6-7H2,1-2H3. The minimum Gasteiger partial charge on any atom is -0.497 e. The van der Waals surface area contributed by atoms with Crippen LogP contribution in [-0.4, -0.2) is 43.2 Å². The van der Waals surface area contributed by atoms with Gasteiger partial charge in [0.2, 0.25) is 0 Å². The minimum absolute atomic E-state index is 0.0742. The van der Waals surface area contributed by atoms with E-state index in [0.29, 0.717) is 17.1 Å². The molecule has 10 heteroatoms. The Labute approximate surface area is 153 Å². The molecule has 7 nitrogen and oxygen atoms in total. The first-order chi connectivity index (χ1) is 12.5. The number of benzene rings is 1. The van der Waals surface area contributed by atoms with Gasteiger partial charge >= 0.3 is 6.03 Å². The molecule has 26 heavy (non-hydrogen) atoms. The fourth-order valence-corrected chi connectivity index (χ4v) is 2.98. The Hall–Kier alpha value is -2.68. The Morgan fingerprint density at radius 1 is 1.31 bits per heavy atom. The fourth-order valence-electron chi connectivity index (χ4n) is 2.69. The number of ether oxygens (including phenoxy) is 2. The Bertz CT molecular complexity index is 837. The number of anilines is 2. The monoisotopic (exact) mass is 384 g/mol. The van der Waals surface area contributed by atoms with Crippen molar-refractivity contribution >= 4 is 29.1 Å². The van der Waals surface area contributed by atoms with Crippen LogP contribution in [0.1, 0.15) is 5.56 Å². The summed E-state index contributed by atoms with van der Waals surface area (Å²) in [7, 11) is 2.88. The number of aromatic nitrogens is 2. The van der Waals surface area contributed by atoms with Gasteiger partial charge < -0.3 is 9.47 Å². The zero-order valence-corrected chi connectivity index (χ0v) is 14.7. The molecule has 1 aliphatic rings. The zero-order valence-electron chi connectivity index (χ0n) is 13.9. The number of nitrogens with zero attached hydrogens (tertiary/aromatic N) is 4. The van der Waals surface area contributed by atoms with Crippen LogP contribution in [0, 0.1) is 0 Å². The number of hydrogen-bond acceptors (Lipinski definition) is 5. The van der Waals surface area contributed by atoms with Crippen LogP contribution in [0.15, 0.2) is 24.7 Å². The van der Waals surface area contributed by atoms with E-state index in [1.54, 1.807) is 6.07 Å². The Balaban J connectivity index is 2.11. The van der Waals surface area contributed by atoms with E-state index < -0.39 is 19.0 Å². The lowest BCUT2D eigenvalue weighted by molar-refractivity contribution is 0.154. The molecule has 0 saturated carbocycles. The molecule has 0 aliphatic carbocycles. The number of carbonyl (C=O) groups is 1. The molecule has 1 aromatic carbocycles. The summed E-state index contributed by atoms with van der Waals surface area (Å²) in [5, 5.41) is 0.166. The summed E-state index contributed by atoms with van der Waals surface area (Å²) in [6.45, 7) is -0.719. The number of alkyl halides is 2. The van der Waals surface area contributed by atoms with E-state index in [-0.39, 0.29) is 23.1 Å². The zero-order chi connectivity index (χ0) is 18.8. The minimum atomic E-state index is -2.72. The van der Waals surface area contributed by atoms with E-state index in [9.17, 15) is 13.6 Å². The summed E-state index contributed by atoms with van der Waals surface area (Å²) in [6, 6.07) is 2.43. The number of hydrogen-bond donors (Lipinski definition) is 0. The molecular weight excluding hydrogens is 370 g/mol. The average Bonchev–Trinajstić information content (AvgIpc) is 2.64. The topological polar surface area (TPSA) is 67.8 Å². The highest BCUT2D eigenvalue weighted by Crippen LogP contribution is 2.41. The summed E-state index contributed by atoms with van der Waals surface area (Å²) in [5.74, 6) is 0.862. The summed E-state index contributed by atoms with van der Waals surface area (Å²) < 4.78 is 36.4. The molecule has 2 heterocycles. The van der Waals surface area contributed by atoms with Crippen LogP contribution in [0.5, 0.6) is 11.5 Å². The number of methoxy groups -OCH3 is 2. The van der Waals surface area contributed by atoms with Gasteiger partial charge in [-0.25, -0.2) is 23.5 Å². The Kier molecular flexibility index (Phi) is 5.08. The SMILES string of the molecule is COc1cc(OC)c(Cl)c(N2Cc3cncnc3N(CC(F)F)C2=O)c1. The molecule has 0 fully saturated rings. The van der Waals surface area contributed by atoms with Gasteiger partial charge in [0.05, 0.1) is 33.0 Å². The van der Waals surface area contributed by atoms with Crippen molar-refractivity contribution in [3.8, 4) is 11.5 Å². The van der Waals surface area contributed by atoms with Crippen molar-refractivity contribution in [1.82, 2.24) is 9.97 Å². The van der Waals surface area contributed by atoms with E-state index in [4.69, 9.17) is 21.1 Å². The predicted octanol–water partition coefficient (Wildman–Crippen LogP) is 3.36. The van der Waals surface area contributed by atoms with Gasteiger partial charge in [0.1, 0.15) is 28.7 Å². The molecule has 0 unspecified atom stereocenters. The van der Waals surface area contributed by atoms with Gasteiger partial charge in [-0.2, -0.15) is 0 Å². The van der Waals surface area contributed by atoms with Crippen LogP contribution < -0.4 is 19.3 Å². The molecule has 2 aromatic rings. The maximum absolute atomic E-state index is 13.0. The lowest BCUT2D eigenvalue weighted by Crippen LogP contribution is -2.49. The number of rotatable bonds is 5. The van der Waals surface area contributed by atoms with Gasteiger partial charge in [0, 0.05) is 23.9 Å². The molecule has 0 saturated heterocycles. The van der Waals surface area contributed by atoms with Gasteiger partial charge in [-0.3, -0.25) is 9.80 Å². The van der Waals surface area contributed by atoms with Crippen LogP contribution in [0.4, 0.5) is 25.1 Å². The molecule has 1 aromatic heterocycles. The van der Waals surface area contributed by atoms with Crippen LogP contribution in [0.3, 0.4) is 0 Å².